The van der Waals surface area contributed by atoms with Gasteiger partial charge in [-0.2, -0.15) is 0 Å². The molecule has 0 atom stereocenters. The van der Waals surface area contributed by atoms with Gasteiger partial charge >= 0.3 is 0 Å². The Morgan fingerprint density at radius 1 is 1.11 bits per heavy atom. The number of carbonyl (C=O) groups is 1. The molecular formula is C13H8F3NOS. The first kappa shape index (κ1) is 12.3. The van der Waals surface area contributed by atoms with Crippen LogP contribution in [0, 0.1) is 17.5 Å². The number of halogens is 3. The van der Waals surface area contributed by atoms with Crippen LogP contribution in [0.25, 0.3) is 10.6 Å². The molecule has 0 radical (unpaired) electrons. The summed E-state index contributed by atoms with van der Waals surface area (Å²) in [6.07, 6.45) is 1.76. The molecule has 1 heterocycles. The van der Waals surface area contributed by atoms with Crippen LogP contribution in [0.3, 0.4) is 0 Å². The van der Waals surface area contributed by atoms with Crippen LogP contribution in [-0.4, -0.2) is 10.8 Å². The normalized spacial score (nSPS) is 14.6. The summed E-state index contributed by atoms with van der Waals surface area (Å²) in [6.45, 7) is 0. The van der Waals surface area contributed by atoms with E-state index < -0.39 is 17.5 Å². The molecule has 19 heavy (non-hydrogen) atoms. The standard InChI is InChI=1S/C13H8F3NOS/c14-6-4-7(15)11(8(16)5-6)13-17-9-2-1-3-10(18)12(9)19-13/h4-5H,1-3H2. The van der Waals surface area contributed by atoms with Crippen LogP contribution in [0.4, 0.5) is 13.2 Å². The van der Waals surface area contributed by atoms with Crippen LogP contribution in [0.15, 0.2) is 12.1 Å². The minimum Gasteiger partial charge on any atom is -0.293 e. The second-order valence-corrected chi connectivity index (χ2v) is 5.32. The number of benzene rings is 1. The summed E-state index contributed by atoms with van der Waals surface area (Å²) in [5.74, 6) is -3.03. The molecular weight excluding hydrogens is 275 g/mol. The molecule has 6 heteroatoms. The largest absolute Gasteiger partial charge is 0.293 e. The highest BCUT2D eigenvalue weighted by atomic mass is 32.1. The van der Waals surface area contributed by atoms with E-state index in [1.54, 1.807) is 0 Å². The molecule has 1 aliphatic carbocycles. The Hall–Kier alpha value is -1.69. The highest BCUT2D eigenvalue weighted by Crippen LogP contribution is 2.35. The van der Waals surface area contributed by atoms with Crippen LogP contribution in [0.2, 0.25) is 0 Å². The molecule has 0 amide bonds. The third-order valence-electron chi connectivity index (χ3n) is 2.99. The zero-order valence-electron chi connectivity index (χ0n) is 9.67. The number of hydrogen-bond donors (Lipinski definition) is 0. The molecule has 1 aliphatic rings. The smallest absolute Gasteiger partial charge is 0.174 e. The molecule has 98 valence electrons. The lowest BCUT2D eigenvalue weighted by Gasteiger charge is -2.06. The van der Waals surface area contributed by atoms with Gasteiger partial charge in [0.2, 0.25) is 0 Å². The van der Waals surface area contributed by atoms with Gasteiger partial charge in [-0.3, -0.25) is 4.79 Å². The maximum absolute atomic E-state index is 13.7. The van der Waals surface area contributed by atoms with Gasteiger partial charge in [0.15, 0.2) is 5.78 Å². The number of fused-ring (bicyclic) bond motifs is 1. The second-order valence-electron chi connectivity index (χ2n) is 4.32. The van der Waals surface area contributed by atoms with Crippen molar-refractivity contribution in [3.8, 4) is 10.6 Å². The number of nitrogens with zero attached hydrogens (tertiary/aromatic N) is 1. The van der Waals surface area contributed by atoms with Crippen molar-refractivity contribution in [3.05, 3.63) is 40.2 Å². The summed E-state index contributed by atoms with van der Waals surface area (Å²) in [7, 11) is 0. The van der Waals surface area contributed by atoms with E-state index in [1.165, 1.54) is 0 Å². The maximum Gasteiger partial charge on any atom is 0.174 e. The molecule has 0 fully saturated rings. The lowest BCUT2D eigenvalue weighted by Crippen LogP contribution is -2.07. The van der Waals surface area contributed by atoms with Gasteiger partial charge < -0.3 is 0 Å². The molecule has 0 N–H and O–H groups in total. The lowest BCUT2D eigenvalue weighted by molar-refractivity contribution is 0.0976. The number of aromatic nitrogens is 1. The Kier molecular flexibility index (Phi) is 2.89. The molecule has 2 aromatic rings. The average molecular weight is 283 g/mol. The molecule has 0 saturated carbocycles. The van der Waals surface area contributed by atoms with E-state index >= 15 is 0 Å². The first-order chi connectivity index (χ1) is 9.06. The highest BCUT2D eigenvalue weighted by molar-refractivity contribution is 7.17. The molecule has 1 aromatic heterocycles. The first-order valence-electron chi connectivity index (χ1n) is 5.74. The topological polar surface area (TPSA) is 30.0 Å². The average Bonchev–Trinajstić information content (AvgIpc) is 2.72. The van der Waals surface area contributed by atoms with Gasteiger partial charge in [-0.25, -0.2) is 18.2 Å². The Morgan fingerprint density at radius 2 is 1.79 bits per heavy atom. The van der Waals surface area contributed by atoms with Gasteiger partial charge in [0, 0.05) is 18.6 Å². The Labute approximate surface area is 110 Å². The van der Waals surface area contributed by atoms with Crippen molar-refractivity contribution in [1.82, 2.24) is 4.98 Å². The maximum atomic E-state index is 13.7. The zero-order valence-corrected chi connectivity index (χ0v) is 10.5. The molecule has 0 spiro atoms. The van der Waals surface area contributed by atoms with E-state index in [4.69, 9.17) is 0 Å². The second kappa shape index (κ2) is 4.45. The van der Waals surface area contributed by atoms with Crippen molar-refractivity contribution in [2.24, 2.45) is 0 Å². The first-order valence-corrected chi connectivity index (χ1v) is 6.55. The number of thiazole rings is 1. The summed E-state index contributed by atoms with van der Waals surface area (Å²) >= 11 is 0.968. The fourth-order valence-corrected chi connectivity index (χ4v) is 3.25. The van der Waals surface area contributed by atoms with E-state index in [1.807, 2.05) is 0 Å². The SMILES string of the molecule is O=C1CCCc2nc(-c3c(F)cc(F)cc3F)sc21. The van der Waals surface area contributed by atoms with Gasteiger partial charge in [-0.1, -0.05) is 0 Å². The van der Waals surface area contributed by atoms with Gasteiger partial charge in [-0.15, -0.1) is 11.3 Å². The molecule has 0 aliphatic heterocycles. The molecule has 0 bridgehead atoms. The van der Waals surface area contributed by atoms with Crippen LogP contribution in [0.1, 0.15) is 28.2 Å². The minimum absolute atomic E-state index is 0.0482. The van der Waals surface area contributed by atoms with E-state index in [2.05, 4.69) is 4.98 Å². The molecule has 0 unspecified atom stereocenters. The summed E-state index contributed by atoms with van der Waals surface area (Å²) in [5.41, 5.74) is 0.216. The number of Topliss-reactive ketones (excluding diaryl/α,β-unsaturated/α-hetero) is 1. The predicted molar refractivity (Wildman–Crippen MR) is 64.7 cm³/mol. The van der Waals surface area contributed by atoms with Gasteiger partial charge in [0.25, 0.3) is 0 Å². The van der Waals surface area contributed by atoms with Crippen LogP contribution in [0.5, 0.6) is 0 Å². The number of ketones is 1. The van der Waals surface area contributed by atoms with Gasteiger partial charge in [0.05, 0.1) is 16.1 Å². The molecule has 2 nitrogen and oxygen atoms in total. The van der Waals surface area contributed by atoms with E-state index in [0.29, 0.717) is 42.0 Å². The number of carbonyl (C=O) groups excluding carboxylic acids is 1. The molecule has 1 aromatic carbocycles. The Bertz CT molecular complexity index is 658. The number of aryl methyl sites for hydroxylation is 1. The fourth-order valence-electron chi connectivity index (χ4n) is 2.12. The minimum atomic E-state index is -1.00. The van der Waals surface area contributed by atoms with Crippen LogP contribution >= 0.6 is 11.3 Å². The summed E-state index contributed by atoms with van der Waals surface area (Å²) in [4.78, 5) is 16.3. The van der Waals surface area contributed by atoms with Crippen LogP contribution in [-0.2, 0) is 6.42 Å². The van der Waals surface area contributed by atoms with E-state index in [9.17, 15) is 18.0 Å². The van der Waals surface area contributed by atoms with Crippen molar-refractivity contribution < 1.29 is 18.0 Å². The van der Waals surface area contributed by atoms with Crippen molar-refractivity contribution in [1.29, 1.82) is 0 Å². The molecule has 3 rings (SSSR count). The predicted octanol–water partition coefficient (Wildman–Crippen LogP) is 3.75. The third-order valence-corrected chi connectivity index (χ3v) is 4.14. The number of hydrogen-bond acceptors (Lipinski definition) is 3. The fraction of sp³-hybridized carbons (Fsp3) is 0.231. The summed E-state index contributed by atoms with van der Waals surface area (Å²) in [6, 6.07) is 1.22. The number of rotatable bonds is 1. The van der Waals surface area contributed by atoms with Gasteiger partial charge in [0.1, 0.15) is 22.5 Å². The van der Waals surface area contributed by atoms with Crippen LogP contribution < -0.4 is 0 Å². The zero-order chi connectivity index (χ0) is 13.6. The highest BCUT2D eigenvalue weighted by Gasteiger charge is 2.25. The van der Waals surface area contributed by atoms with Crippen molar-refractivity contribution in [2.45, 2.75) is 19.3 Å². The van der Waals surface area contributed by atoms with E-state index in [-0.39, 0.29) is 16.4 Å². The van der Waals surface area contributed by atoms with E-state index in [0.717, 1.165) is 11.3 Å². The lowest BCUT2D eigenvalue weighted by atomic mass is 10.0. The van der Waals surface area contributed by atoms with Crippen molar-refractivity contribution in [2.75, 3.05) is 0 Å². The Morgan fingerprint density at radius 3 is 2.42 bits per heavy atom. The molecule has 0 saturated heterocycles. The quantitative estimate of drug-likeness (QED) is 0.798. The summed E-state index contributed by atoms with van der Waals surface area (Å²) < 4.78 is 40.2. The Balaban J connectivity index is 2.16. The monoisotopic (exact) mass is 283 g/mol. The third kappa shape index (κ3) is 2.06. The van der Waals surface area contributed by atoms with Crippen molar-refractivity contribution >= 4 is 17.1 Å². The van der Waals surface area contributed by atoms with Gasteiger partial charge in [-0.05, 0) is 12.8 Å². The van der Waals surface area contributed by atoms with Crippen molar-refractivity contribution in [3.63, 3.8) is 0 Å². The summed E-state index contributed by atoms with van der Waals surface area (Å²) in [5, 5.41) is 0.0928.